The summed E-state index contributed by atoms with van der Waals surface area (Å²) in [7, 11) is 0. The Hall–Kier alpha value is -3.17. The molecular weight excluding hydrogens is 352 g/mol. The van der Waals surface area contributed by atoms with Crippen molar-refractivity contribution in [2.24, 2.45) is 0 Å². The van der Waals surface area contributed by atoms with Crippen LogP contribution in [0.4, 0.5) is 5.69 Å². The Labute approximate surface area is 164 Å². The lowest BCUT2D eigenvalue weighted by Gasteiger charge is -2.11. The lowest BCUT2D eigenvalue weighted by molar-refractivity contribution is 0.244. The second kappa shape index (κ2) is 7.83. The van der Waals surface area contributed by atoms with Crippen molar-refractivity contribution in [3.05, 3.63) is 58.9 Å². The fourth-order valence-electron chi connectivity index (χ4n) is 3.36. The highest BCUT2D eigenvalue weighted by Gasteiger charge is 2.15. The molecule has 0 saturated carbocycles. The first kappa shape index (κ1) is 18.2. The molecule has 0 radical (unpaired) electrons. The zero-order chi connectivity index (χ0) is 19.5. The Morgan fingerprint density at radius 2 is 1.86 bits per heavy atom. The third kappa shape index (κ3) is 3.75. The van der Waals surface area contributed by atoms with Gasteiger partial charge in [-0.1, -0.05) is 17.3 Å². The van der Waals surface area contributed by atoms with E-state index in [1.807, 2.05) is 26.0 Å². The monoisotopic (exact) mass is 374 g/mol. The maximum atomic E-state index is 7.41. The van der Waals surface area contributed by atoms with E-state index in [-0.39, 0.29) is 6.10 Å². The van der Waals surface area contributed by atoms with Gasteiger partial charge in [-0.3, -0.25) is 0 Å². The molecule has 0 aliphatic carbocycles. The van der Waals surface area contributed by atoms with Crippen molar-refractivity contribution in [2.45, 2.75) is 32.8 Å². The Kier molecular flexibility index (Phi) is 5.09. The Bertz CT molecular complexity index is 1030. The van der Waals surface area contributed by atoms with Crippen molar-refractivity contribution in [3.8, 4) is 28.6 Å². The summed E-state index contributed by atoms with van der Waals surface area (Å²) < 4.78 is 11.2. The standard InChI is InChI=1S/C22H22N4O2/c1-14(2)27-20-7-6-18(13-19(20)23-3)22-25-21(26-28-22)17-5-4-15-8-10-24-11-9-16(15)12-17/h4-7,12-14,24H,8-11H2,1-2H3. The molecule has 28 heavy (non-hydrogen) atoms. The normalized spacial score (nSPS) is 13.6. The number of benzene rings is 2. The van der Waals surface area contributed by atoms with Crippen molar-refractivity contribution >= 4 is 5.69 Å². The molecular formula is C22H22N4O2. The van der Waals surface area contributed by atoms with Gasteiger partial charge in [0.25, 0.3) is 5.89 Å². The van der Waals surface area contributed by atoms with Gasteiger partial charge in [-0.15, -0.1) is 0 Å². The molecule has 2 heterocycles. The fraction of sp³-hybridized carbons (Fsp3) is 0.318. The average Bonchev–Trinajstić information content (AvgIpc) is 3.07. The van der Waals surface area contributed by atoms with Gasteiger partial charge < -0.3 is 14.6 Å². The minimum Gasteiger partial charge on any atom is -0.502 e. The molecule has 1 aliphatic heterocycles. The van der Waals surface area contributed by atoms with Crippen LogP contribution in [0.15, 0.2) is 40.9 Å². The van der Waals surface area contributed by atoms with Crippen LogP contribution in [0.3, 0.4) is 0 Å². The fourth-order valence-corrected chi connectivity index (χ4v) is 3.36. The number of fused-ring (bicyclic) bond motifs is 1. The molecule has 2 aromatic carbocycles. The minimum absolute atomic E-state index is 0.00441. The Balaban J connectivity index is 1.63. The predicted molar refractivity (Wildman–Crippen MR) is 107 cm³/mol. The number of aromatic nitrogens is 2. The van der Waals surface area contributed by atoms with Crippen LogP contribution in [0.2, 0.25) is 0 Å². The summed E-state index contributed by atoms with van der Waals surface area (Å²) in [6.07, 6.45) is 2.04. The first-order chi connectivity index (χ1) is 13.6. The van der Waals surface area contributed by atoms with Gasteiger partial charge in [0.15, 0.2) is 0 Å². The Morgan fingerprint density at radius 3 is 2.64 bits per heavy atom. The zero-order valence-corrected chi connectivity index (χ0v) is 16.0. The lowest BCUT2D eigenvalue weighted by Crippen LogP contribution is -2.16. The van der Waals surface area contributed by atoms with E-state index in [0.29, 0.717) is 28.7 Å². The summed E-state index contributed by atoms with van der Waals surface area (Å²) in [5.41, 5.74) is 4.79. The lowest BCUT2D eigenvalue weighted by atomic mass is 10.00. The maximum Gasteiger partial charge on any atom is 0.256 e. The molecule has 0 bridgehead atoms. The van der Waals surface area contributed by atoms with Crippen molar-refractivity contribution in [1.29, 1.82) is 0 Å². The van der Waals surface area contributed by atoms with Crippen molar-refractivity contribution in [2.75, 3.05) is 13.1 Å². The molecule has 1 aliphatic rings. The first-order valence-corrected chi connectivity index (χ1v) is 9.49. The van der Waals surface area contributed by atoms with E-state index < -0.39 is 0 Å². The minimum atomic E-state index is 0.00441. The van der Waals surface area contributed by atoms with Crippen LogP contribution in [0.5, 0.6) is 5.75 Å². The zero-order valence-electron chi connectivity index (χ0n) is 16.0. The summed E-state index contributed by atoms with van der Waals surface area (Å²) in [5.74, 6) is 1.52. The average molecular weight is 374 g/mol. The SMILES string of the molecule is [C-]#[N+]c1cc(-c2nc(-c3ccc4c(c3)CCNCC4)no2)ccc1OC(C)C. The van der Waals surface area contributed by atoms with E-state index in [2.05, 4.69) is 32.4 Å². The van der Waals surface area contributed by atoms with Crippen LogP contribution in [0.1, 0.15) is 25.0 Å². The largest absolute Gasteiger partial charge is 0.502 e. The van der Waals surface area contributed by atoms with Gasteiger partial charge in [0, 0.05) is 11.1 Å². The summed E-state index contributed by atoms with van der Waals surface area (Å²) >= 11 is 0. The van der Waals surface area contributed by atoms with Crippen molar-refractivity contribution < 1.29 is 9.26 Å². The Morgan fingerprint density at radius 1 is 1.07 bits per heavy atom. The number of rotatable bonds is 4. The number of hydrogen-bond acceptors (Lipinski definition) is 5. The second-order valence-corrected chi connectivity index (χ2v) is 7.12. The molecule has 6 heteroatoms. The number of ether oxygens (including phenoxy) is 1. The van der Waals surface area contributed by atoms with E-state index in [1.165, 1.54) is 11.1 Å². The summed E-state index contributed by atoms with van der Waals surface area (Å²) in [6, 6.07) is 11.7. The molecule has 1 aromatic heterocycles. The highest BCUT2D eigenvalue weighted by atomic mass is 16.5. The van der Waals surface area contributed by atoms with Crippen LogP contribution < -0.4 is 10.1 Å². The molecule has 0 saturated heterocycles. The van der Waals surface area contributed by atoms with E-state index in [9.17, 15) is 0 Å². The molecule has 0 spiro atoms. The van der Waals surface area contributed by atoms with Gasteiger partial charge >= 0.3 is 0 Å². The molecule has 4 rings (SSSR count). The molecule has 3 aromatic rings. The van der Waals surface area contributed by atoms with Crippen LogP contribution in [0.25, 0.3) is 27.7 Å². The van der Waals surface area contributed by atoms with E-state index in [1.54, 1.807) is 12.1 Å². The van der Waals surface area contributed by atoms with Crippen molar-refractivity contribution in [3.63, 3.8) is 0 Å². The van der Waals surface area contributed by atoms with Gasteiger partial charge in [-0.2, -0.15) is 4.98 Å². The molecule has 0 amide bonds. The molecule has 142 valence electrons. The van der Waals surface area contributed by atoms with Crippen LogP contribution in [0, 0.1) is 6.57 Å². The van der Waals surface area contributed by atoms with E-state index >= 15 is 0 Å². The highest BCUT2D eigenvalue weighted by molar-refractivity contribution is 5.69. The summed E-state index contributed by atoms with van der Waals surface area (Å²) in [4.78, 5) is 8.11. The molecule has 0 unspecified atom stereocenters. The van der Waals surface area contributed by atoms with Gasteiger partial charge in [0.1, 0.15) is 5.75 Å². The van der Waals surface area contributed by atoms with Crippen molar-refractivity contribution in [1.82, 2.24) is 15.5 Å². The number of nitrogens with zero attached hydrogens (tertiary/aromatic N) is 3. The van der Waals surface area contributed by atoms with E-state index in [4.69, 9.17) is 15.8 Å². The predicted octanol–water partition coefficient (Wildman–Crippen LogP) is 4.43. The third-order valence-corrected chi connectivity index (χ3v) is 4.72. The molecule has 1 N–H and O–H groups in total. The first-order valence-electron chi connectivity index (χ1n) is 9.49. The van der Waals surface area contributed by atoms with E-state index in [0.717, 1.165) is 31.5 Å². The second-order valence-electron chi connectivity index (χ2n) is 7.12. The summed E-state index contributed by atoms with van der Waals surface area (Å²) in [5, 5.41) is 7.57. The molecule has 0 atom stereocenters. The molecule has 0 fully saturated rings. The topological polar surface area (TPSA) is 64.5 Å². The summed E-state index contributed by atoms with van der Waals surface area (Å²) in [6.45, 7) is 13.3. The van der Waals surface area contributed by atoms with Crippen LogP contribution >= 0.6 is 0 Å². The van der Waals surface area contributed by atoms with Crippen LogP contribution in [-0.2, 0) is 12.8 Å². The quantitative estimate of drug-likeness (QED) is 0.685. The number of nitrogens with one attached hydrogen (secondary N) is 1. The number of hydrogen-bond donors (Lipinski definition) is 1. The van der Waals surface area contributed by atoms with Crippen LogP contribution in [-0.4, -0.2) is 29.3 Å². The van der Waals surface area contributed by atoms with Gasteiger partial charge in [0.05, 0.1) is 12.7 Å². The maximum absolute atomic E-state index is 7.41. The van der Waals surface area contributed by atoms with Gasteiger partial charge in [0.2, 0.25) is 11.5 Å². The highest BCUT2D eigenvalue weighted by Crippen LogP contribution is 2.34. The third-order valence-electron chi connectivity index (χ3n) is 4.72. The van der Waals surface area contributed by atoms with Gasteiger partial charge in [-0.05, 0) is 75.2 Å². The molecule has 6 nitrogen and oxygen atoms in total. The smallest absolute Gasteiger partial charge is 0.256 e. The van der Waals surface area contributed by atoms with Gasteiger partial charge in [-0.25, -0.2) is 4.85 Å².